The summed E-state index contributed by atoms with van der Waals surface area (Å²) in [6.45, 7) is 5.92. The van der Waals surface area contributed by atoms with Crippen LogP contribution in [0, 0.1) is 29.3 Å². The third-order valence-electron chi connectivity index (χ3n) is 5.92. The lowest BCUT2D eigenvalue weighted by Gasteiger charge is -2.35. The summed E-state index contributed by atoms with van der Waals surface area (Å²) in [5.74, 6) is -4.20. The van der Waals surface area contributed by atoms with E-state index in [2.05, 4.69) is 24.5 Å². The van der Waals surface area contributed by atoms with Crippen molar-refractivity contribution >= 4 is 17.5 Å². The summed E-state index contributed by atoms with van der Waals surface area (Å²) >= 11 is 0. The summed E-state index contributed by atoms with van der Waals surface area (Å²) in [4.78, 5) is 25.3. The SMILES string of the molecule is C[C@@H]1[C@@H](C)CCC[C@H]1NC(=O)[C@@H](C)[NH+](C)CC(=O)Nc1ccc(F)c(F)c1F. The summed E-state index contributed by atoms with van der Waals surface area (Å²) in [5.41, 5.74) is -0.432. The van der Waals surface area contributed by atoms with Gasteiger partial charge in [-0.05, 0) is 37.3 Å². The summed E-state index contributed by atoms with van der Waals surface area (Å²) < 4.78 is 39.9. The molecule has 0 aliphatic heterocycles. The van der Waals surface area contributed by atoms with Crippen LogP contribution < -0.4 is 15.5 Å². The third-order valence-corrected chi connectivity index (χ3v) is 5.92. The first-order chi connectivity index (χ1) is 13.1. The van der Waals surface area contributed by atoms with Crippen LogP contribution in [0.15, 0.2) is 12.1 Å². The second-order valence-electron chi connectivity index (χ2n) is 7.90. The molecule has 0 saturated heterocycles. The van der Waals surface area contributed by atoms with Crippen LogP contribution in [-0.2, 0) is 9.59 Å². The van der Waals surface area contributed by atoms with Crippen molar-refractivity contribution in [2.24, 2.45) is 11.8 Å². The Bertz CT molecular complexity index is 729. The van der Waals surface area contributed by atoms with Crippen molar-refractivity contribution in [2.75, 3.05) is 18.9 Å². The molecule has 5 atom stereocenters. The van der Waals surface area contributed by atoms with E-state index < -0.39 is 35.1 Å². The Morgan fingerprint density at radius 2 is 1.86 bits per heavy atom. The van der Waals surface area contributed by atoms with Crippen LogP contribution in [0.25, 0.3) is 0 Å². The smallest absolute Gasteiger partial charge is 0.279 e. The number of likely N-dealkylation sites (N-methyl/N-ethyl adjacent to an activating group) is 1. The van der Waals surface area contributed by atoms with Gasteiger partial charge in [-0.1, -0.05) is 26.7 Å². The van der Waals surface area contributed by atoms with E-state index in [-0.39, 0.29) is 18.5 Å². The van der Waals surface area contributed by atoms with Crippen molar-refractivity contribution in [2.45, 2.75) is 52.1 Å². The quantitative estimate of drug-likeness (QED) is 0.639. The van der Waals surface area contributed by atoms with Gasteiger partial charge in [0.15, 0.2) is 30.0 Å². The maximum absolute atomic E-state index is 13.7. The molecule has 1 aromatic rings. The lowest BCUT2D eigenvalue weighted by atomic mass is 9.78. The van der Waals surface area contributed by atoms with Crippen molar-refractivity contribution in [3.8, 4) is 0 Å². The predicted octanol–water partition coefficient (Wildman–Crippen LogP) is 1.89. The number of anilines is 1. The van der Waals surface area contributed by atoms with Crippen LogP contribution in [0.3, 0.4) is 0 Å². The summed E-state index contributed by atoms with van der Waals surface area (Å²) in [6, 6.07) is 1.33. The first kappa shape index (κ1) is 22.2. The zero-order valence-corrected chi connectivity index (χ0v) is 16.7. The molecule has 5 nitrogen and oxygen atoms in total. The van der Waals surface area contributed by atoms with Gasteiger partial charge in [-0.15, -0.1) is 0 Å². The minimum Gasteiger partial charge on any atom is -0.348 e. The fourth-order valence-corrected chi connectivity index (χ4v) is 3.54. The van der Waals surface area contributed by atoms with E-state index in [0.29, 0.717) is 16.7 Å². The van der Waals surface area contributed by atoms with E-state index in [9.17, 15) is 22.8 Å². The number of amides is 2. The molecular formula is C20H29F3N3O2+. The van der Waals surface area contributed by atoms with E-state index in [1.165, 1.54) is 0 Å². The Balaban J connectivity index is 1.90. The number of hydrogen-bond acceptors (Lipinski definition) is 2. The van der Waals surface area contributed by atoms with E-state index >= 15 is 0 Å². The van der Waals surface area contributed by atoms with Crippen molar-refractivity contribution in [1.29, 1.82) is 0 Å². The number of carbonyl (C=O) groups excluding carboxylic acids is 2. The Hall–Kier alpha value is -2.09. The fourth-order valence-electron chi connectivity index (χ4n) is 3.54. The molecule has 1 aliphatic carbocycles. The summed E-state index contributed by atoms with van der Waals surface area (Å²) in [7, 11) is 1.68. The van der Waals surface area contributed by atoms with Crippen LogP contribution in [0.4, 0.5) is 18.9 Å². The van der Waals surface area contributed by atoms with Gasteiger partial charge < -0.3 is 15.5 Å². The van der Waals surface area contributed by atoms with E-state index in [1.54, 1.807) is 14.0 Å². The molecule has 1 unspecified atom stereocenters. The molecule has 1 aliphatic rings. The number of halogens is 3. The molecule has 0 radical (unpaired) electrons. The number of benzene rings is 1. The number of hydrogen-bond donors (Lipinski definition) is 3. The predicted molar refractivity (Wildman–Crippen MR) is 100 cm³/mol. The van der Waals surface area contributed by atoms with Gasteiger partial charge in [0.25, 0.3) is 11.8 Å². The Morgan fingerprint density at radius 3 is 2.54 bits per heavy atom. The minimum absolute atomic E-state index is 0.121. The molecular weight excluding hydrogens is 371 g/mol. The molecule has 156 valence electrons. The highest BCUT2D eigenvalue weighted by molar-refractivity contribution is 5.91. The average molecular weight is 400 g/mol. The van der Waals surface area contributed by atoms with E-state index in [0.717, 1.165) is 31.4 Å². The molecule has 2 amide bonds. The third kappa shape index (κ3) is 5.25. The van der Waals surface area contributed by atoms with Crippen LogP contribution in [-0.4, -0.2) is 37.5 Å². The van der Waals surface area contributed by atoms with Crippen molar-refractivity contribution in [3.63, 3.8) is 0 Å². The molecule has 2 rings (SSSR count). The molecule has 1 saturated carbocycles. The molecule has 1 fully saturated rings. The van der Waals surface area contributed by atoms with Gasteiger partial charge >= 0.3 is 0 Å². The lowest BCUT2D eigenvalue weighted by Crippen LogP contribution is -3.15. The Morgan fingerprint density at radius 1 is 1.18 bits per heavy atom. The summed E-state index contributed by atoms with van der Waals surface area (Å²) in [6.07, 6.45) is 3.18. The van der Waals surface area contributed by atoms with Crippen LogP contribution in [0.1, 0.15) is 40.0 Å². The standard InChI is InChI=1S/C20H28F3N3O2/c1-11-6-5-7-15(12(11)2)25-20(28)13(3)26(4)10-17(27)24-16-9-8-14(21)18(22)19(16)23/h8-9,11-13,15H,5-7,10H2,1-4H3,(H,24,27)(H,25,28)/p+1/t11-,12+,13+,15+/m0/s1. The molecule has 1 aromatic carbocycles. The monoisotopic (exact) mass is 400 g/mol. The van der Waals surface area contributed by atoms with Crippen molar-refractivity contribution in [1.82, 2.24) is 5.32 Å². The Kier molecular flexibility index (Phi) is 7.46. The number of rotatable bonds is 6. The number of quaternary nitrogens is 1. The van der Waals surface area contributed by atoms with Gasteiger partial charge in [-0.25, -0.2) is 13.2 Å². The highest BCUT2D eigenvalue weighted by Gasteiger charge is 2.31. The molecule has 0 aromatic heterocycles. The van der Waals surface area contributed by atoms with E-state index in [1.807, 2.05) is 0 Å². The maximum atomic E-state index is 13.7. The normalized spacial score (nSPS) is 24.3. The molecule has 3 N–H and O–H groups in total. The second-order valence-corrected chi connectivity index (χ2v) is 7.90. The first-order valence-corrected chi connectivity index (χ1v) is 9.67. The van der Waals surface area contributed by atoms with Gasteiger partial charge in [0, 0.05) is 6.04 Å². The highest BCUT2D eigenvalue weighted by Crippen LogP contribution is 2.29. The second kappa shape index (κ2) is 9.41. The van der Waals surface area contributed by atoms with Gasteiger partial charge in [-0.3, -0.25) is 9.59 Å². The first-order valence-electron chi connectivity index (χ1n) is 9.67. The fraction of sp³-hybridized carbons (Fsp3) is 0.600. The molecule has 28 heavy (non-hydrogen) atoms. The maximum Gasteiger partial charge on any atom is 0.279 e. The van der Waals surface area contributed by atoms with Crippen molar-refractivity contribution in [3.05, 3.63) is 29.6 Å². The number of nitrogens with one attached hydrogen (secondary N) is 3. The van der Waals surface area contributed by atoms with Gasteiger partial charge in [0.2, 0.25) is 0 Å². The molecule has 0 spiro atoms. The average Bonchev–Trinajstić information content (AvgIpc) is 2.65. The highest BCUT2D eigenvalue weighted by atomic mass is 19.2. The van der Waals surface area contributed by atoms with Crippen LogP contribution in [0.2, 0.25) is 0 Å². The lowest BCUT2D eigenvalue weighted by molar-refractivity contribution is -0.885. The van der Waals surface area contributed by atoms with Crippen LogP contribution >= 0.6 is 0 Å². The van der Waals surface area contributed by atoms with Gasteiger partial charge in [0.1, 0.15) is 0 Å². The topological polar surface area (TPSA) is 62.6 Å². The summed E-state index contributed by atoms with van der Waals surface area (Å²) in [5, 5.41) is 5.31. The zero-order chi connectivity index (χ0) is 21.0. The van der Waals surface area contributed by atoms with Gasteiger partial charge in [-0.2, -0.15) is 0 Å². The van der Waals surface area contributed by atoms with E-state index in [4.69, 9.17) is 0 Å². The van der Waals surface area contributed by atoms with Gasteiger partial charge in [0.05, 0.1) is 12.7 Å². The molecule has 0 bridgehead atoms. The Labute approximate surface area is 163 Å². The number of carbonyl (C=O) groups is 2. The van der Waals surface area contributed by atoms with Crippen LogP contribution in [0.5, 0.6) is 0 Å². The molecule has 0 heterocycles. The minimum atomic E-state index is -1.64. The molecule has 8 heteroatoms. The zero-order valence-electron chi connectivity index (χ0n) is 16.7. The largest absolute Gasteiger partial charge is 0.348 e. The van der Waals surface area contributed by atoms with Crippen molar-refractivity contribution < 1.29 is 27.7 Å².